The van der Waals surface area contributed by atoms with E-state index in [0.29, 0.717) is 10.6 Å². The first-order valence-electron chi connectivity index (χ1n) is 6.31. The van der Waals surface area contributed by atoms with Crippen LogP contribution in [0.25, 0.3) is 0 Å². The monoisotopic (exact) mass is 286 g/mol. The van der Waals surface area contributed by atoms with Crippen molar-refractivity contribution in [2.75, 3.05) is 0 Å². The first-order chi connectivity index (χ1) is 9.66. The summed E-state index contributed by atoms with van der Waals surface area (Å²) in [6, 6.07) is 16.7. The second kappa shape index (κ2) is 6.87. The highest BCUT2D eigenvalue weighted by Gasteiger charge is 2.05. The van der Waals surface area contributed by atoms with E-state index >= 15 is 0 Å². The molecule has 1 amide bonds. The Kier molecular flexibility index (Phi) is 4.91. The summed E-state index contributed by atoms with van der Waals surface area (Å²) in [7, 11) is 0. The Hall–Kier alpha value is -2.13. The maximum Gasteiger partial charge on any atom is 0.271 e. The SMILES string of the molecule is CC(C=NNC(=O)c1cccc(Cl)c1)c1ccccc1. The van der Waals surface area contributed by atoms with Crippen LogP contribution in [-0.4, -0.2) is 12.1 Å². The average Bonchev–Trinajstić information content (AvgIpc) is 2.48. The molecule has 0 spiro atoms. The first kappa shape index (κ1) is 14.3. The van der Waals surface area contributed by atoms with Gasteiger partial charge in [-0.15, -0.1) is 0 Å². The molecule has 1 N–H and O–H groups in total. The number of nitrogens with zero attached hydrogens (tertiary/aromatic N) is 1. The molecule has 0 aromatic heterocycles. The van der Waals surface area contributed by atoms with Crippen LogP contribution in [0.5, 0.6) is 0 Å². The van der Waals surface area contributed by atoms with E-state index in [9.17, 15) is 4.79 Å². The zero-order valence-corrected chi connectivity index (χ0v) is 11.8. The predicted molar refractivity (Wildman–Crippen MR) is 82.3 cm³/mol. The minimum absolute atomic E-state index is 0.135. The van der Waals surface area contributed by atoms with Gasteiger partial charge in [0, 0.05) is 22.7 Å². The van der Waals surface area contributed by atoms with Crippen LogP contribution in [0.4, 0.5) is 0 Å². The standard InChI is InChI=1S/C16H15ClN2O/c1-12(13-6-3-2-4-7-13)11-18-19-16(20)14-8-5-9-15(17)10-14/h2-12H,1H3,(H,19,20). The van der Waals surface area contributed by atoms with Crippen molar-refractivity contribution < 1.29 is 4.79 Å². The highest BCUT2D eigenvalue weighted by molar-refractivity contribution is 6.30. The minimum Gasteiger partial charge on any atom is -0.267 e. The van der Waals surface area contributed by atoms with Crippen LogP contribution in [0.15, 0.2) is 59.7 Å². The van der Waals surface area contributed by atoms with Gasteiger partial charge in [-0.1, -0.05) is 54.9 Å². The number of rotatable bonds is 4. The molecule has 1 unspecified atom stereocenters. The molecule has 0 saturated heterocycles. The lowest BCUT2D eigenvalue weighted by Crippen LogP contribution is -2.18. The van der Waals surface area contributed by atoms with Gasteiger partial charge in [0.25, 0.3) is 5.91 Å². The number of amides is 1. The summed E-state index contributed by atoms with van der Waals surface area (Å²) in [5.41, 5.74) is 4.13. The molecule has 4 heteroatoms. The van der Waals surface area contributed by atoms with Crippen LogP contribution in [0.1, 0.15) is 28.8 Å². The van der Waals surface area contributed by atoms with Crippen molar-refractivity contribution in [3.63, 3.8) is 0 Å². The molecule has 2 aromatic rings. The van der Waals surface area contributed by atoms with Crippen molar-refractivity contribution in [1.29, 1.82) is 0 Å². The van der Waals surface area contributed by atoms with E-state index < -0.39 is 0 Å². The molecule has 0 aliphatic heterocycles. The number of hydrogen-bond acceptors (Lipinski definition) is 2. The van der Waals surface area contributed by atoms with Crippen molar-refractivity contribution in [1.82, 2.24) is 5.43 Å². The Balaban J connectivity index is 1.95. The molecule has 0 bridgehead atoms. The molecule has 2 aromatic carbocycles. The highest BCUT2D eigenvalue weighted by Crippen LogP contribution is 2.12. The lowest BCUT2D eigenvalue weighted by atomic mass is 10.0. The van der Waals surface area contributed by atoms with Crippen molar-refractivity contribution in [3.05, 3.63) is 70.7 Å². The zero-order valence-electron chi connectivity index (χ0n) is 11.1. The summed E-state index contributed by atoms with van der Waals surface area (Å²) in [5, 5.41) is 4.51. The predicted octanol–water partition coefficient (Wildman–Crippen LogP) is 3.86. The second-order valence-electron chi connectivity index (χ2n) is 4.43. The van der Waals surface area contributed by atoms with E-state index in [1.807, 2.05) is 37.3 Å². The van der Waals surface area contributed by atoms with E-state index in [1.165, 1.54) is 0 Å². The topological polar surface area (TPSA) is 41.5 Å². The van der Waals surface area contributed by atoms with Gasteiger partial charge in [-0.25, -0.2) is 5.43 Å². The molecule has 0 heterocycles. The summed E-state index contributed by atoms with van der Waals surface area (Å²) in [6.45, 7) is 2.02. The van der Waals surface area contributed by atoms with E-state index in [0.717, 1.165) is 5.56 Å². The third-order valence-electron chi connectivity index (χ3n) is 2.88. The smallest absolute Gasteiger partial charge is 0.267 e. The second-order valence-corrected chi connectivity index (χ2v) is 4.87. The van der Waals surface area contributed by atoms with Gasteiger partial charge in [-0.2, -0.15) is 5.10 Å². The molecule has 0 aliphatic carbocycles. The largest absolute Gasteiger partial charge is 0.271 e. The Bertz CT molecular complexity index is 611. The van der Waals surface area contributed by atoms with Crippen LogP contribution in [0.3, 0.4) is 0 Å². The minimum atomic E-state index is -0.274. The quantitative estimate of drug-likeness (QED) is 0.673. The number of benzene rings is 2. The lowest BCUT2D eigenvalue weighted by molar-refractivity contribution is 0.0955. The molecule has 3 nitrogen and oxygen atoms in total. The fourth-order valence-corrected chi connectivity index (χ4v) is 1.93. The van der Waals surface area contributed by atoms with Gasteiger partial charge in [0.1, 0.15) is 0 Å². The molecule has 0 aliphatic rings. The number of carbonyl (C=O) groups is 1. The molecule has 1 atom stereocenters. The Labute approximate surface area is 123 Å². The highest BCUT2D eigenvalue weighted by atomic mass is 35.5. The maximum absolute atomic E-state index is 11.8. The van der Waals surface area contributed by atoms with Crippen LogP contribution in [0.2, 0.25) is 5.02 Å². The lowest BCUT2D eigenvalue weighted by Gasteiger charge is -2.05. The van der Waals surface area contributed by atoms with Crippen LogP contribution >= 0.6 is 11.6 Å². The van der Waals surface area contributed by atoms with Crippen molar-refractivity contribution in [2.45, 2.75) is 12.8 Å². The van der Waals surface area contributed by atoms with E-state index in [2.05, 4.69) is 10.5 Å². The number of nitrogens with one attached hydrogen (secondary N) is 1. The molecule has 0 saturated carbocycles. The molecular formula is C16H15ClN2O. The van der Waals surface area contributed by atoms with Crippen LogP contribution in [-0.2, 0) is 0 Å². The molecular weight excluding hydrogens is 272 g/mol. The van der Waals surface area contributed by atoms with Gasteiger partial charge in [0.05, 0.1) is 0 Å². The maximum atomic E-state index is 11.8. The molecule has 0 fully saturated rings. The molecule has 0 radical (unpaired) electrons. The number of halogens is 1. The van der Waals surface area contributed by atoms with Crippen molar-refractivity contribution in [2.24, 2.45) is 5.10 Å². The summed E-state index contributed by atoms with van der Waals surface area (Å²) >= 11 is 5.84. The average molecular weight is 287 g/mol. The van der Waals surface area contributed by atoms with Crippen LogP contribution < -0.4 is 5.43 Å². The Morgan fingerprint density at radius 2 is 1.95 bits per heavy atom. The molecule has 2 rings (SSSR count). The summed E-state index contributed by atoms with van der Waals surface area (Å²) in [6.07, 6.45) is 1.71. The van der Waals surface area contributed by atoms with E-state index in [-0.39, 0.29) is 11.8 Å². The number of carbonyl (C=O) groups excluding carboxylic acids is 1. The fraction of sp³-hybridized carbons (Fsp3) is 0.125. The fourth-order valence-electron chi connectivity index (χ4n) is 1.74. The number of hydrazone groups is 1. The zero-order chi connectivity index (χ0) is 14.4. The first-order valence-corrected chi connectivity index (χ1v) is 6.68. The Morgan fingerprint density at radius 3 is 2.65 bits per heavy atom. The normalized spacial score (nSPS) is 12.3. The summed E-state index contributed by atoms with van der Waals surface area (Å²) in [4.78, 5) is 11.8. The van der Waals surface area contributed by atoms with E-state index in [4.69, 9.17) is 11.6 Å². The van der Waals surface area contributed by atoms with Crippen molar-refractivity contribution >= 4 is 23.7 Å². The summed E-state index contributed by atoms with van der Waals surface area (Å²) < 4.78 is 0. The van der Waals surface area contributed by atoms with Gasteiger partial charge in [0.15, 0.2) is 0 Å². The third kappa shape index (κ3) is 3.93. The van der Waals surface area contributed by atoms with Gasteiger partial charge in [-0.05, 0) is 23.8 Å². The van der Waals surface area contributed by atoms with Crippen LogP contribution in [0, 0.1) is 0 Å². The van der Waals surface area contributed by atoms with Crippen molar-refractivity contribution in [3.8, 4) is 0 Å². The molecule has 20 heavy (non-hydrogen) atoms. The van der Waals surface area contributed by atoms with Gasteiger partial charge in [-0.3, -0.25) is 4.79 Å². The Morgan fingerprint density at radius 1 is 1.20 bits per heavy atom. The van der Waals surface area contributed by atoms with Gasteiger partial charge >= 0.3 is 0 Å². The molecule has 102 valence electrons. The summed E-state index contributed by atoms with van der Waals surface area (Å²) in [5.74, 6) is -0.139. The third-order valence-corrected chi connectivity index (χ3v) is 3.11. The van der Waals surface area contributed by atoms with Gasteiger partial charge in [0.2, 0.25) is 0 Å². The number of hydrogen-bond donors (Lipinski definition) is 1. The van der Waals surface area contributed by atoms with E-state index in [1.54, 1.807) is 30.5 Å². The van der Waals surface area contributed by atoms with Gasteiger partial charge < -0.3 is 0 Å².